The van der Waals surface area contributed by atoms with E-state index in [1.165, 1.54) is 0 Å². The molecule has 0 bridgehead atoms. The van der Waals surface area contributed by atoms with Gasteiger partial charge in [0, 0.05) is 61.6 Å². The van der Waals surface area contributed by atoms with Crippen LogP contribution in [0.4, 0.5) is 11.4 Å². The van der Waals surface area contributed by atoms with Gasteiger partial charge in [-0.15, -0.1) is 0 Å². The first-order chi connectivity index (χ1) is 14.7. The molecule has 156 valence electrons. The number of piperidine rings is 1. The second kappa shape index (κ2) is 8.13. The molecular weight excluding hydrogens is 376 g/mol. The van der Waals surface area contributed by atoms with Crippen LogP contribution in [0, 0.1) is 0 Å². The van der Waals surface area contributed by atoms with Gasteiger partial charge >= 0.3 is 0 Å². The van der Waals surface area contributed by atoms with Crippen molar-refractivity contribution >= 4 is 22.1 Å². The average molecular weight is 405 g/mol. The van der Waals surface area contributed by atoms with Gasteiger partial charge in [0.15, 0.2) is 0 Å². The Hall–Kier alpha value is -2.83. The molecule has 3 N–H and O–H groups in total. The molecule has 1 unspecified atom stereocenters. The van der Waals surface area contributed by atoms with Crippen molar-refractivity contribution in [3.63, 3.8) is 0 Å². The molecule has 3 aromatic rings. The summed E-state index contributed by atoms with van der Waals surface area (Å²) in [6.45, 7) is 5.39. The predicted octanol–water partition coefficient (Wildman–Crippen LogP) is 2.57. The lowest BCUT2D eigenvalue weighted by Crippen LogP contribution is -2.43. The van der Waals surface area contributed by atoms with Crippen LogP contribution < -0.4 is 20.7 Å². The second-order valence-corrected chi connectivity index (χ2v) is 8.28. The molecule has 6 nitrogen and oxygen atoms in total. The highest BCUT2D eigenvalue weighted by Crippen LogP contribution is 2.31. The molecule has 2 aromatic carbocycles. The summed E-state index contributed by atoms with van der Waals surface area (Å²) >= 11 is 0. The number of β-amino-alcohol motifs (C(OH)–C–C–N with tert-alkyl or cyclic N) is 1. The lowest BCUT2D eigenvalue weighted by Gasteiger charge is -2.32. The van der Waals surface area contributed by atoms with E-state index >= 15 is 0 Å². The van der Waals surface area contributed by atoms with Gasteiger partial charge in [0.2, 0.25) is 0 Å². The summed E-state index contributed by atoms with van der Waals surface area (Å²) in [5.41, 5.74) is 4.00. The standard InChI is InChI=1S/C24H28N4O2/c29-19-4-3-11-28(16-19)18-8-7-17-14-22(26-24(30)21(17)15-18)20-5-1-2-6-23(20)27-12-9-25-10-13-27/h1-2,5-8,14-15,19,25,29H,3-4,9-13,16H2,(H,26,30). The van der Waals surface area contributed by atoms with Crippen molar-refractivity contribution in [3.8, 4) is 11.3 Å². The third-order valence-corrected chi connectivity index (χ3v) is 6.24. The zero-order valence-electron chi connectivity index (χ0n) is 17.1. The van der Waals surface area contributed by atoms with Crippen LogP contribution in [0.5, 0.6) is 0 Å². The van der Waals surface area contributed by atoms with Crippen molar-refractivity contribution in [1.29, 1.82) is 0 Å². The normalized spacial score (nSPS) is 20.0. The zero-order chi connectivity index (χ0) is 20.5. The number of hydrogen-bond acceptors (Lipinski definition) is 5. The number of aliphatic hydroxyl groups is 1. The Balaban J connectivity index is 1.53. The van der Waals surface area contributed by atoms with Crippen LogP contribution in [0.25, 0.3) is 22.0 Å². The van der Waals surface area contributed by atoms with Crippen LogP contribution in [-0.2, 0) is 0 Å². The van der Waals surface area contributed by atoms with Crippen molar-refractivity contribution in [2.45, 2.75) is 18.9 Å². The van der Waals surface area contributed by atoms with Crippen LogP contribution in [-0.4, -0.2) is 55.5 Å². The molecule has 30 heavy (non-hydrogen) atoms. The third kappa shape index (κ3) is 3.68. The van der Waals surface area contributed by atoms with Crippen LogP contribution in [0.15, 0.2) is 53.3 Å². The van der Waals surface area contributed by atoms with Crippen LogP contribution in [0.2, 0.25) is 0 Å². The van der Waals surface area contributed by atoms with Crippen molar-refractivity contribution in [2.24, 2.45) is 0 Å². The van der Waals surface area contributed by atoms with Gasteiger partial charge in [-0.3, -0.25) is 4.79 Å². The first-order valence-corrected chi connectivity index (χ1v) is 10.8. The maximum absolute atomic E-state index is 13.0. The predicted molar refractivity (Wildman–Crippen MR) is 123 cm³/mol. The zero-order valence-corrected chi connectivity index (χ0v) is 17.1. The van der Waals surface area contributed by atoms with Gasteiger partial charge in [0.25, 0.3) is 5.56 Å². The summed E-state index contributed by atoms with van der Waals surface area (Å²) in [4.78, 5) is 20.7. The van der Waals surface area contributed by atoms with E-state index in [2.05, 4.69) is 50.4 Å². The fourth-order valence-electron chi connectivity index (χ4n) is 4.66. The van der Waals surface area contributed by atoms with Gasteiger partial charge in [-0.05, 0) is 42.5 Å². The van der Waals surface area contributed by atoms with Gasteiger partial charge in [0.05, 0.1) is 11.8 Å². The van der Waals surface area contributed by atoms with Crippen LogP contribution in [0.3, 0.4) is 0 Å². The number of piperazine rings is 1. The van der Waals surface area contributed by atoms with Gasteiger partial charge in [-0.25, -0.2) is 0 Å². The quantitative estimate of drug-likeness (QED) is 0.626. The highest BCUT2D eigenvalue weighted by atomic mass is 16.3. The Kier molecular flexibility index (Phi) is 5.19. The van der Waals surface area contributed by atoms with E-state index in [9.17, 15) is 9.90 Å². The molecule has 1 atom stereocenters. The first-order valence-electron chi connectivity index (χ1n) is 10.8. The molecular formula is C24H28N4O2. The lowest BCUT2D eigenvalue weighted by atomic mass is 10.0. The molecule has 0 aliphatic carbocycles. The molecule has 2 saturated heterocycles. The van der Waals surface area contributed by atoms with Crippen molar-refractivity contribution < 1.29 is 5.11 Å². The molecule has 6 heteroatoms. The van der Waals surface area contributed by atoms with Crippen molar-refractivity contribution in [2.75, 3.05) is 49.1 Å². The second-order valence-electron chi connectivity index (χ2n) is 8.28. The minimum Gasteiger partial charge on any atom is -0.391 e. The van der Waals surface area contributed by atoms with E-state index in [1.807, 2.05) is 18.2 Å². The summed E-state index contributed by atoms with van der Waals surface area (Å²) in [5, 5.41) is 15.0. The molecule has 2 aliphatic heterocycles. The topological polar surface area (TPSA) is 71.6 Å². The molecule has 0 amide bonds. The van der Waals surface area contributed by atoms with E-state index < -0.39 is 0 Å². The molecule has 3 heterocycles. The summed E-state index contributed by atoms with van der Waals surface area (Å²) in [7, 11) is 0. The SMILES string of the molecule is O=c1[nH]c(-c2ccccc2N2CCNCC2)cc2ccc(N3CCCC(O)C3)cc12. The fraction of sp³-hybridized carbons (Fsp3) is 0.375. The van der Waals surface area contributed by atoms with Crippen LogP contribution >= 0.6 is 0 Å². The van der Waals surface area contributed by atoms with Gasteiger partial charge in [-0.1, -0.05) is 24.3 Å². The molecule has 0 spiro atoms. The number of nitrogens with one attached hydrogen (secondary N) is 2. The maximum atomic E-state index is 13.0. The van der Waals surface area contributed by atoms with Gasteiger partial charge in [0.1, 0.15) is 0 Å². The Bertz CT molecular complexity index is 1100. The Morgan fingerprint density at radius 2 is 1.80 bits per heavy atom. The number of aromatic amines is 1. The third-order valence-electron chi connectivity index (χ3n) is 6.24. The highest BCUT2D eigenvalue weighted by Gasteiger charge is 2.19. The number of H-pyrrole nitrogens is 1. The molecule has 2 fully saturated rings. The number of nitrogens with zero attached hydrogens (tertiary/aromatic N) is 2. The number of rotatable bonds is 3. The van der Waals surface area contributed by atoms with E-state index in [0.29, 0.717) is 11.9 Å². The number of fused-ring (bicyclic) bond motifs is 1. The average Bonchev–Trinajstić information content (AvgIpc) is 2.79. The number of para-hydroxylation sites is 1. The van der Waals surface area contributed by atoms with Gasteiger partial charge < -0.3 is 25.2 Å². The number of pyridine rings is 1. The summed E-state index contributed by atoms with van der Waals surface area (Å²) < 4.78 is 0. The lowest BCUT2D eigenvalue weighted by molar-refractivity contribution is 0.154. The summed E-state index contributed by atoms with van der Waals surface area (Å²) in [6.07, 6.45) is 1.52. The fourth-order valence-corrected chi connectivity index (χ4v) is 4.66. The van der Waals surface area contributed by atoms with Crippen LogP contribution in [0.1, 0.15) is 12.8 Å². The molecule has 1 aromatic heterocycles. The largest absolute Gasteiger partial charge is 0.391 e. The molecule has 0 radical (unpaired) electrons. The molecule has 2 aliphatic rings. The number of hydrogen-bond donors (Lipinski definition) is 3. The molecule has 0 saturated carbocycles. The van der Waals surface area contributed by atoms with E-state index in [0.717, 1.165) is 73.6 Å². The van der Waals surface area contributed by atoms with E-state index in [-0.39, 0.29) is 11.7 Å². The molecule has 5 rings (SSSR count). The van der Waals surface area contributed by atoms with E-state index in [4.69, 9.17) is 0 Å². The minimum atomic E-state index is -0.295. The first kappa shape index (κ1) is 19.2. The van der Waals surface area contributed by atoms with Crippen molar-refractivity contribution in [1.82, 2.24) is 10.3 Å². The summed E-state index contributed by atoms with van der Waals surface area (Å²) in [6, 6.07) is 16.4. The highest BCUT2D eigenvalue weighted by molar-refractivity contribution is 5.89. The monoisotopic (exact) mass is 404 g/mol. The van der Waals surface area contributed by atoms with Crippen molar-refractivity contribution in [3.05, 3.63) is 58.9 Å². The number of anilines is 2. The Morgan fingerprint density at radius 3 is 2.63 bits per heavy atom. The Labute approximate surface area is 176 Å². The minimum absolute atomic E-state index is 0.0722. The Morgan fingerprint density at radius 1 is 0.967 bits per heavy atom. The number of aliphatic hydroxyl groups excluding tert-OH is 1. The number of aromatic nitrogens is 1. The summed E-state index contributed by atoms with van der Waals surface area (Å²) in [5.74, 6) is 0. The van der Waals surface area contributed by atoms with Gasteiger partial charge in [-0.2, -0.15) is 0 Å². The number of benzene rings is 2. The van der Waals surface area contributed by atoms with E-state index in [1.54, 1.807) is 0 Å². The maximum Gasteiger partial charge on any atom is 0.256 e. The smallest absolute Gasteiger partial charge is 0.256 e.